The Hall–Kier alpha value is -0.613. The van der Waals surface area contributed by atoms with E-state index in [-0.39, 0.29) is 5.97 Å². The Bertz CT molecular complexity index is 133. The first-order valence-corrected chi connectivity index (χ1v) is 3.81. The predicted octanol–water partition coefficient (Wildman–Crippen LogP) is -0.597. The maximum absolute atomic E-state index is 10.7. The Balaban J connectivity index is 3.31. The fourth-order valence-corrected chi connectivity index (χ4v) is 0.508. The summed E-state index contributed by atoms with van der Waals surface area (Å²) in [5, 5.41) is 0. The Morgan fingerprint density at radius 1 is 1.60 bits per heavy atom. The third-order valence-corrected chi connectivity index (χ3v) is 1.28. The number of rotatable bonds is 4. The smallest absolute Gasteiger partial charge is 0.333 e. The fourth-order valence-electron chi connectivity index (χ4n) is 0.341. The molecule has 0 saturated carbocycles. The fraction of sp³-hybridized carbons (Fsp3) is 0.500. The summed E-state index contributed by atoms with van der Waals surface area (Å²) in [5.74, 6) is -0.348. The van der Waals surface area contributed by atoms with Crippen LogP contribution in [0.2, 0.25) is 0 Å². The number of hydrogen-bond acceptors (Lipinski definition) is 3. The number of esters is 1. The van der Waals surface area contributed by atoms with Gasteiger partial charge in [-0.05, 0) is 6.92 Å². The molecule has 0 fully saturated rings. The highest BCUT2D eigenvalue weighted by Crippen LogP contribution is 1.90. The second-order valence-corrected chi connectivity index (χ2v) is 2.49. The van der Waals surface area contributed by atoms with Crippen LogP contribution in [0.15, 0.2) is 12.2 Å². The molecule has 0 aromatic rings. The zero-order valence-corrected chi connectivity index (χ0v) is 8.35. The summed E-state index contributed by atoms with van der Waals surface area (Å²) in [6, 6.07) is 0. The average molecular weight is 160 g/mol. The monoisotopic (exact) mass is 160 g/mol. The Morgan fingerprint density at radius 3 is 2.60 bits per heavy atom. The zero-order chi connectivity index (χ0) is 7.98. The van der Waals surface area contributed by atoms with Gasteiger partial charge in [0.05, 0.1) is 6.61 Å². The number of hydrogen-bond donors (Lipinski definition) is 0. The van der Waals surface area contributed by atoms with Crippen molar-refractivity contribution in [2.45, 2.75) is 6.92 Å². The van der Waals surface area contributed by atoms with Gasteiger partial charge in [-0.15, -0.1) is 0 Å². The molecule has 58 valence electrons. The lowest BCUT2D eigenvalue weighted by Crippen LogP contribution is -2.09. The summed E-state index contributed by atoms with van der Waals surface area (Å²) in [6.07, 6.45) is 0. The molecule has 0 unspecified atom stereocenters. The summed E-state index contributed by atoms with van der Waals surface area (Å²) < 4.78 is 9.51. The van der Waals surface area contributed by atoms with Crippen molar-refractivity contribution in [3.8, 4) is 0 Å². The van der Waals surface area contributed by atoms with E-state index in [1.54, 1.807) is 6.92 Å². The van der Waals surface area contributed by atoms with Gasteiger partial charge in [0.2, 0.25) is 0 Å². The van der Waals surface area contributed by atoms with Crippen molar-refractivity contribution in [1.29, 1.82) is 0 Å². The van der Waals surface area contributed by atoms with Crippen LogP contribution in [0, 0.1) is 0 Å². The lowest BCUT2D eigenvalue weighted by molar-refractivity contribution is -0.139. The topological polar surface area (TPSA) is 35.5 Å². The second kappa shape index (κ2) is 5.19. The SMILES string of the molecule is C=C(C)C(=O)OCCO[SiH3]. The predicted molar refractivity (Wildman–Crippen MR) is 41.7 cm³/mol. The van der Waals surface area contributed by atoms with Crippen molar-refractivity contribution < 1.29 is 14.0 Å². The van der Waals surface area contributed by atoms with Crippen LogP contribution < -0.4 is 0 Å². The summed E-state index contributed by atoms with van der Waals surface area (Å²) in [4.78, 5) is 10.7. The third kappa shape index (κ3) is 4.28. The van der Waals surface area contributed by atoms with Crippen LogP contribution in [0.3, 0.4) is 0 Å². The average Bonchev–Trinajstić information content (AvgIpc) is 1.88. The normalized spacial score (nSPS) is 9.30. The molecule has 0 saturated heterocycles. The van der Waals surface area contributed by atoms with E-state index in [2.05, 4.69) is 6.58 Å². The van der Waals surface area contributed by atoms with E-state index in [4.69, 9.17) is 9.16 Å². The van der Waals surface area contributed by atoms with Crippen LogP contribution in [0.1, 0.15) is 6.92 Å². The molecular weight excluding hydrogens is 148 g/mol. The second-order valence-electron chi connectivity index (χ2n) is 1.91. The number of carbonyl (C=O) groups is 1. The molecule has 0 aliphatic carbocycles. The molecule has 0 spiro atoms. The van der Waals surface area contributed by atoms with Crippen molar-refractivity contribution in [3.63, 3.8) is 0 Å². The lowest BCUT2D eigenvalue weighted by atomic mass is 10.4. The van der Waals surface area contributed by atoms with E-state index in [0.29, 0.717) is 29.3 Å². The van der Waals surface area contributed by atoms with Crippen LogP contribution in [0.25, 0.3) is 0 Å². The summed E-state index contributed by atoms with van der Waals surface area (Å²) in [6.45, 7) is 5.86. The highest BCUT2D eigenvalue weighted by Gasteiger charge is 2.00. The standard InChI is InChI=1S/C6H12O3Si/c1-5(2)6(7)8-3-4-9-10/h1,3-4H2,2,10H3. The van der Waals surface area contributed by atoms with Gasteiger partial charge in [0.25, 0.3) is 0 Å². The van der Waals surface area contributed by atoms with Crippen molar-refractivity contribution in [1.82, 2.24) is 0 Å². The van der Waals surface area contributed by atoms with Crippen molar-refractivity contribution in [3.05, 3.63) is 12.2 Å². The molecule has 0 radical (unpaired) electrons. The maximum atomic E-state index is 10.7. The quantitative estimate of drug-likeness (QED) is 0.238. The molecule has 4 heteroatoms. The van der Waals surface area contributed by atoms with Crippen LogP contribution >= 0.6 is 0 Å². The zero-order valence-electron chi connectivity index (χ0n) is 6.35. The first-order chi connectivity index (χ1) is 4.68. The van der Waals surface area contributed by atoms with Crippen molar-refractivity contribution in [2.24, 2.45) is 0 Å². The Morgan fingerprint density at radius 2 is 2.20 bits per heavy atom. The van der Waals surface area contributed by atoms with Gasteiger partial charge >= 0.3 is 5.97 Å². The van der Waals surface area contributed by atoms with Gasteiger partial charge < -0.3 is 9.16 Å². The molecular formula is C6H12O3Si. The minimum Gasteiger partial charge on any atom is -0.460 e. The Kier molecular flexibility index (Phi) is 4.88. The molecule has 0 amide bonds. The molecule has 0 aromatic heterocycles. The van der Waals surface area contributed by atoms with E-state index in [9.17, 15) is 4.79 Å². The van der Waals surface area contributed by atoms with Gasteiger partial charge in [0.1, 0.15) is 17.1 Å². The van der Waals surface area contributed by atoms with Gasteiger partial charge in [-0.1, -0.05) is 6.58 Å². The molecule has 0 rings (SSSR count). The van der Waals surface area contributed by atoms with E-state index in [1.165, 1.54) is 0 Å². The van der Waals surface area contributed by atoms with E-state index in [0.717, 1.165) is 0 Å². The van der Waals surface area contributed by atoms with E-state index >= 15 is 0 Å². The van der Waals surface area contributed by atoms with E-state index in [1.807, 2.05) is 0 Å². The minimum atomic E-state index is -0.348. The molecule has 0 aliphatic heterocycles. The van der Waals surface area contributed by atoms with Crippen LogP contribution in [0.5, 0.6) is 0 Å². The molecule has 10 heavy (non-hydrogen) atoms. The molecule has 0 aromatic carbocycles. The molecule has 0 N–H and O–H groups in total. The van der Waals surface area contributed by atoms with E-state index < -0.39 is 0 Å². The summed E-state index contributed by atoms with van der Waals surface area (Å²) >= 11 is 0. The van der Waals surface area contributed by atoms with Crippen molar-refractivity contribution >= 4 is 16.5 Å². The molecule has 0 heterocycles. The van der Waals surface area contributed by atoms with Crippen LogP contribution in [-0.2, 0) is 14.0 Å². The Labute approximate surface area is 63.6 Å². The minimum absolute atomic E-state index is 0.329. The summed E-state index contributed by atoms with van der Waals surface area (Å²) in [7, 11) is 0.682. The number of ether oxygens (including phenoxy) is 1. The first kappa shape index (κ1) is 9.39. The number of carbonyl (C=O) groups excluding carboxylic acids is 1. The van der Waals surface area contributed by atoms with Crippen LogP contribution in [0.4, 0.5) is 0 Å². The molecule has 0 bridgehead atoms. The van der Waals surface area contributed by atoms with Crippen LogP contribution in [-0.4, -0.2) is 29.7 Å². The highest BCUT2D eigenvalue weighted by molar-refractivity contribution is 5.97. The first-order valence-electron chi connectivity index (χ1n) is 3.00. The highest BCUT2D eigenvalue weighted by atomic mass is 28.2. The third-order valence-electron chi connectivity index (χ3n) is 0.869. The van der Waals surface area contributed by atoms with Gasteiger partial charge in [-0.2, -0.15) is 0 Å². The molecule has 3 nitrogen and oxygen atoms in total. The van der Waals surface area contributed by atoms with Crippen molar-refractivity contribution in [2.75, 3.05) is 13.2 Å². The van der Waals surface area contributed by atoms with Gasteiger partial charge in [-0.25, -0.2) is 4.79 Å². The molecule has 0 aliphatic rings. The largest absolute Gasteiger partial charge is 0.460 e. The summed E-state index contributed by atoms with van der Waals surface area (Å²) in [5.41, 5.74) is 0.424. The van der Waals surface area contributed by atoms with Gasteiger partial charge in [0.15, 0.2) is 0 Å². The maximum Gasteiger partial charge on any atom is 0.333 e. The lowest BCUT2D eigenvalue weighted by Gasteiger charge is -2.01. The van der Waals surface area contributed by atoms with Gasteiger partial charge in [0, 0.05) is 5.57 Å². The molecule has 0 atom stereocenters. The van der Waals surface area contributed by atoms with Gasteiger partial charge in [-0.3, -0.25) is 0 Å².